The molecule has 9 nitrogen and oxygen atoms in total. The standard InChI is InChI=1S/C27H24FN9/c28-23-6-2-1-4-18(23)13-35-11-3-5-19(14-35)25-16-36(34-32-25)21-8-9-24-22(12-21)27(33-31-24)20-7-10-26-29-17-30-37(26)15-20/h1-2,4,6-10,12,15-17,19H,3,5,11,13-14H2,(H,31,33)/t19-/m1/s1. The van der Waals surface area contributed by atoms with Crippen LogP contribution in [0.3, 0.4) is 0 Å². The topological polar surface area (TPSA) is 92.8 Å². The van der Waals surface area contributed by atoms with Gasteiger partial charge in [-0.1, -0.05) is 23.4 Å². The van der Waals surface area contributed by atoms with Gasteiger partial charge in [-0.2, -0.15) is 10.2 Å². The van der Waals surface area contributed by atoms with Gasteiger partial charge in [0.05, 0.1) is 23.1 Å². The molecule has 0 radical (unpaired) electrons. The lowest BCUT2D eigenvalue weighted by molar-refractivity contribution is 0.196. The van der Waals surface area contributed by atoms with E-state index in [0.717, 1.165) is 70.7 Å². The number of hydrogen-bond donors (Lipinski definition) is 1. The van der Waals surface area contributed by atoms with Crippen LogP contribution in [-0.2, 0) is 6.54 Å². The summed E-state index contributed by atoms with van der Waals surface area (Å²) in [4.78, 5) is 6.52. The molecule has 1 aliphatic heterocycles. The summed E-state index contributed by atoms with van der Waals surface area (Å²) in [7, 11) is 0. The second-order valence-corrected chi connectivity index (χ2v) is 9.54. The van der Waals surface area contributed by atoms with Gasteiger partial charge in [0, 0.05) is 41.7 Å². The van der Waals surface area contributed by atoms with Crippen LogP contribution in [0.1, 0.15) is 30.0 Å². The molecule has 37 heavy (non-hydrogen) atoms. The quantitative estimate of drug-likeness (QED) is 0.383. The molecule has 6 aromatic rings. The fourth-order valence-corrected chi connectivity index (χ4v) is 5.22. The van der Waals surface area contributed by atoms with Gasteiger partial charge < -0.3 is 0 Å². The predicted molar refractivity (Wildman–Crippen MR) is 137 cm³/mol. The molecule has 5 heterocycles. The van der Waals surface area contributed by atoms with Crippen molar-refractivity contribution in [2.24, 2.45) is 0 Å². The number of benzene rings is 2. The summed E-state index contributed by atoms with van der Waals surface area (Å²) in [5.74, 6) is 0.114. The summed E-state index contributed by atoms with van der Waals surface area (Å²) in [5.41, 5.74) is 6.11. The molecule has 0 saturated carbocycles. The van der Waals surface area contributed by atoms with Crippen molar-refractivity contribution in [3.8, 4) is 16.9 Å². The molecule has 0 amide bonds. The Bertz CT molecular complexity index is 1720. The zero-order valence-electron chi connectivity index (χ0n) is 20.0. The molecule has 10 heteroatoms. The SMILES string of the molecule is Fc1ccccc1CN1CCC[C@@H](c2cn(-c3ccc4[nH]nc(-c5ccc6ncnn6c5)c4c3)nn2)C1. The van der Waals surface area contributed by atoms with E-state index in [1.807, 2.05) is 53.5 Å². The van der Waals surface area contributed by atoms with Crippen LogP contribution in [0.5, 0.6) is 0 Å². The molecule has 0 aliphatic carbocycles. The number of halogens is 1. The van der Waals surface area contributed by atoms with E-state index in [0.29, 0.717) is 6.54 Å². The highest BCUT2D eigenvalue weighted by molar-refractivity contribution is 5.94. The van der Waals surface area contributed by atoms with E-state index in [9.17, 15) is 4.39 Å². The Labute approximate surface area is 211 Å². The van der Waals surface area contributed by atoms with Crippen molar-refractivity contribution in [1.29, 1.82) is 0 Å². The Kier molecular flexibility index (Phi) is 5.24. The van der Waals surface area contributed by atoms with Crippen molar-refractivity contribution >= 4 is 16.6 Å². The minimum Gasteiger partial charge on any atom is -0.298 e. The molecule has 1 atom stereocenters. The van der Waals surface area contributed by atoms with Crippen molar-refractivity contribution in [2.75, 3.05) is 13.1 Å². The van der Waals surface area contributed by atoms with Gasteiger partial charge >= 0.3 is 0 Å². The summed E-state index contributed by atoms with van der Waals surface area (Å²) < 4.78 is 17.7. The van der Waals surface area contributed by atoms with E-state index >= 15 is 0 Å². The monoisotopic (exact) mass is 493 g/mol. The number of fused-ring (bicyclic) bond motifs is 2. The first-order valence-corrected chi connectivity index (χ1v) is 12.4. The summed E-state index contributed by atoms with van der Waals surface area (Å²) in [6.45, 7) is 2.40. The van der Waals surface area contributed by atoms with Gasteiger partial charge in [-0.25, -0.2) is 18.6 Å². The van der Waals surface area contributed by atoms with Gasteiger partial charge in [0.1, 0.15) is 17.8 Å². The van der Waals surface area contributed by atoms with Crippen molar-refractivity contribution in [3.05, 3.63) is 90.4 Å². The fourth-order valence-electron chi connectivity index (χ4n) is 5.22. The first kappa shape index (κ1) is 21.8. The third-order valence-corrected chi connectivity index (χ3v) is 7.15. The number of rotatable bonds is 5. The van der Waals surface area contributed by atoms with E-state index in [2.05, 4.69) is 41.6 Å². The van der Waals surface area contributed by atoms with Crippen molar-refractivity contribution in [2.45, 2.75) is 25.3 Å². The number of pyridine rings is 1. The van der Waals surface area contributed by atoms with Crippen molar-refractivity contribution in [1.82, 2.24) is 44.7 Å². The van der Waals surface area contributed by atoms with E-state index in [4.69, 9.17) is 0 Å². The molecule has 1 N–H and O–H groups in total. The lowest BCUT2D eigenvalue weighted by atomic mass is 9.95. The Morgan fingerprint density at radius 3 is 2.95 bits per heavy atom. The molecule has 184 valence electrons. The van der Waals surface area contributed by atoms with Crippen LogP contribution in [0.2, 0.25) is 0 Å². The average Bonchev–Trinajstić information content (AvgIpc) is 3.69. The number of nitrogens with zero attached hydrogens (tertiary/aromatic N) is 8. The molecule has 7 rings (SSSR count). The van der Waals surface area contributed by atoms with Gasteiger partial charge in [-0.3, -0.25) is 10.00 Å². The zero-order valence-corrected chi connectivity index (χ0v) is 20.0. The molecule has 1 fully saturated rings. The minimum absolute atomic E-state index is 0.147. The number of H-pyrrole nitrogens is 1. The number of hydrogen-bond acceptors (Lipinski definition) is 6. The van der Waals surface area contributed by atoms with Gasteiger partial charge in [-0.05, 0) is 55.8 Å². The zero-order chi connectivity index (χ0) is 24.8. The average molecular weight is 494 g/mol. The van der Waals surface area contributed by atoms with Crippen LogP contribution < -0.4 is 0 Å². The highest BCUT2D eigenvalue weighted by Gasteiger charge is 2.24. The number of aromatic nitrogens is 8. The Balaban J connectivity index is 1.14. The predicted octanol–water partition coefficient (Wildman–Crippen LogP) is 4.37. The van der Waals surface area contributed by atoms with E-state index < -0.39 is 0 Å². The second kappa shape index (κ2) is 8.90. The fraction of sp³-hybridized carbons (Fsp3) is 0.222. The largest absolute Gasteiger partial charge is 0.298 e. The molecule has 0 spiro atoms. The normalized spacial score (nSPS) is 16.6. The van der Waals surface area contributed by atoms with Crippen LogP contribution >= 0.6 is 0 Å². The number of nitrogens with one attached hydrogen (secondary N) is 1. The molecular formula is C27H24FN9. The van der Waals surface area contributed by atoms with Crippen LogP contribution in [-0.4, -0.2) is 57.8 Å². The second-order valence-electron chi connectivity index (χ2n) is 9.54. The third-order valence-electron chi connectivity index (χ3n) is 7.15. The van der Waals surface area contributed by atoms with E-state index in [-0.39, 0.29) is 11.7 Å². The molecule has 0 unspecified atom stereocenters. The maximum atomic E-state index is 14.2. The summed E-state index contributed by atoms with van der Waals surface area (Å²) in [6.07, 6.45) is 7.57. The number of piperidine rings is 1. The highest BCUT2D eigenvalue weighted by atomic mass is 19.1. The highest BCUT2D eigenvalue weighted by Crippen LogP contribution is 2.30. The first-order chi connectivity index (χ1) is 18.2. The van der Waals surface area contributed by atoms with E-state index in [1.165, 1.54) is 12.4 Å². The maximum Gasteiger partial charge on any atom is 0.155 e. The summed E-state index contributed by atoms with van der Waals surface area (Å²) in [6, 6.07) is 17.0. The molecule has 1 saturated heterocycles. The van der Waals surface area contributed by atoms with Crippen LogP contribution in [0.25, 0.3) is 33.5 Å². The Hall–Kier alpha value is -4.44. The Morgan fingerprint density at radius 2 is 2.00 bits per heavy atom. The van der Waals surface area contributed by atoms with Crippen molar-refractivity contribution in [3.63, 3.8) is 0 Å². The van der Waals surface area contributed by atoms with Gasteiger partial charge in [0.2, 0.25) is 0 Å². The van der Waals surface area contributed by atoms with Crippen LogP contribution in [0.15, 0.2) is 73.3 Å². The lowest BCUT2D eigenvalue weighted by Gasteiger charge is -2.31. The number of aromatic amines is 1. The molecule has 1 aliphatic rings. The first-order valence-electron chi connectivity index (χ1n) is 12.4. The smallest absolute Gasteiger partial charge is 0.155 e. The van der Waals surface area contributed by atoms with Gasteiger partial charge in [-0.15, -0.1) is 5.10 Å². The van der Waals surface area contributed by atoms with Gasteiger partial charge in [0.25, 0.3) is 0 Å². The Morgan fingerprint density at radius 1 is 1.05 bits per heavy atom. The molecule has 2 aromatic carbocycles. The maximum absolute atomic E-state index is 14.2. The number of likely N-dealkylation sites (tertiary alicyclic amines) is 1. The van der Waals surface area contributed by atoms with Gasteiger partial charge in [0.15, 0.2) is 5.65 Å². The third kappa shape index (κ3) is 4.05. The molecule has 0 bridgehead atoms. The summed E-state index contributed by atoms with van der Waals surface area (Å²) >= 11 is 0. The molecule has 4 aromatic heterocycles. The van der Waals surface area contributed by atoms with Crippen LogP contribution in [0, 0.1) is 5.82 Å². The van der Waals surface area contributed by atoms with Crippen LogP contribution in [0.4, 0.5) is 4.39 Å². The minimum atomic E-state index is -0.147. The van der Waals surface area contributed by atoms with E-state index in [1.54, 1.807) is 10.6 Å². The van der Waals surface area contributed by atoms with Crippen molar-refractivity contribution < 1.29 is 4.39 Å². The summed E-state index contributed by atoms with van der Waals surface area (Å²) in [5, 5.41) is 21.9. The molecular weight excluding hydrogens is 469 g/mol. The lowest BCUT2D eigenvalue weighted by Crippen LogP contribution is -2.34.